The van der Waals surface area contributed by atoms with Crippen LogP contribution in [0.25, 0.3) is 0 Å². The summed E-state index contributed by atoms with van der Waals surface area (Å²) in [5, 5.41) is 14.3. The lowest BCUT2D eigenvalue weighted by Gasteiger charge is -2.29. The van der Waals surface area contributed by atoms with Crippen LogP contribution in [0.4, 0.5) is 0 Å². The number of methoxy groups -OCH3 is 1. The van der Waals surface area contributed by atoms with Crippen molar-refractivity contribution in [3.8, 4) is 5.75 Å². The molecule has 0 bridgehead atoms. The van der Waals surface area contributed by atoms with Gasteiger partial charge in [0.05, 0.1) is 12.7 Å². The summed E-state index contributed by atoms with van der Waals surface area (Å²) in [5.41, 5.74) is 2.57. The van der Waals surface area contributed by atoms with Crippen LogP contribution in [0, 0.1) is 13.8 Å². The first-order chi connectivity index (χ1) is 8.57. The molecular formula is C15H23NO2. The summed E-state index contributed by atoms with van der Waals surface area (Å²) in [6, 6.07) is 4.11. The zero-order valence-corrected chi connectivity index (χ0v) is 11.5. The van der Waals surface area contributed by atoms with Crippen LogP contribution in [0.1, 0.15) is 36.0 Å². The highest BCUT2D eigenvalue weighted by Gasteiger charge is 2.31. The fourth-order valence-corrected chi connectivity index (χ4v) is 2.83. The number of hydrogen-bond acceptors (Lipinski definition) is 3. The summed E-state index contributed by atoms with van der Waals surface area (Å²) in [6.07, 6.45) is 2.62. The van der Waals surface area contributed by atoms with Crippen molar-refractivity contribution < 1.29 is 9.84 Å². The second kappa shape index (κ2) is 5.29. The van der Waals surface area contributed by atoms with Crippen LogP contribution in [0.15, 0.2) is 12.1 Å². The molecule has 0 spiro atoms. The van der Waals surface area contributed by atoms with Gasteiger partial charge in [-0.1, -0.05) is 0 Å². The first kappa shape index (κ1) is 13.4. The zero-order valence-electron chi connectivity index (χ0n) is 11.5. The van der Waals surface area contributed by atoms with Gasteiger partial charge in [0.25, 0.3) is 0 Å². The smallest absolute Gasteiger partial charge is 0.122 e. The van der Waals surface area contributed by atoms with E-state index in [2.05, 4.69) is 11.4 Å². The molecular weight excluding hydrogens is 226 g/mol. The summed E-state index contributed by atoms with van der Waals surface area (Å²) in [7, 11) is 1.69. The molecule has 1 aliphatic rings. The minimum atomic E-state index is -0.690. The number of rotatable bonds is 2. The highest BCUT2D eigenvalue weighted by atomic mass is 16.5. The molecule has 1 atom stereocenters. The number of aliphatic hydroxyl groups is 1. The number of benzene rings is 1. The van der Waals surface area contributed by atoms with Crippen LogP contribution >= 0.6 is 0 Å². The van der Waals surface area contributed by atoms with Crippen molar-refractivity contribution in [2.75, 3.05) is 20.2 Å². The fraction of sp³-hybridized carbons (Fsp3) is 0.600. The van der Waals surface area contributed by atoms with Crippen LogP contribution in [-0.2, 0) is 5.60 Å². The topological polar surface area (TPSA) is 41.5 Å². The molecule has 1 saturated heterocycles. The van der Waals surface area contributed by atoms with Crippen LogP contribution in [0.5, 0.6) is 5.75 Å². The van der Waals surface area contributed by atoms with Gasteiger partial charge in [0.15, 0.2) is 0 Å². The molecule has 0 amide bonds. The van der Waals surface area contributed by atoms with Gasteiger partial charge in [0.1, 0.15) is 5.75 Å². The molecule has 100 valence electrons. The molecule has 18 heavy (non-hydrogen) atoms. The van der Waals surface area contributed by atoms with E-state index in [0.717, 1.165) is 54.8 Å². The van der Waals surface area contributed by atoms with Crippen LogP contribution in [0.3, 0.4) is 0 Å². The first-order valence-corrected chi connectivity index (χ1v) is 6.65. The largest absolute Gasteiger partial charge is 0.496 e. The molecule has 0 saturated carbocycles. The van der Waals surface area contributed by atoms with Crippen molar-refractivity contribution in [1.82, 2.24) is 5.32 Å². The van der Waals surface area contributed by atoms with E-state index in [9.17, 15) is 5.11 Å². The Balaban J connectivity index is 2.39. The lowest BCUT2D eigenvalue weighted by molar-refractivity contribution is 0.0233. The summed E-state index contributed by atoms with van der Waals surface area (Å²) in [4.78, 5) is 0. The molecule has 3 nitrogen and oxygen atoms in total. The minimum Gasteiger partial charge on any atom is -0.496 e. The number of hydrogen-bond donors (Lipinski definition) is 2. The molecule has 0 radical (unpaired) electrons. The van der Waals surface area contributed by atoms with Crippen molar-refractivity contribution in [3.63, 3.8) is 0 Å². The maximum absolute atomic E-state index is 10.9. The van der Waals surface area contributed by atoms with Gasteiger partial charge in [-0.3, -0.25) is 0 Å². The van der Waals surface area contributed by atoms with Crippen LogP contribution in [-0.4, -0.2) is 25.3 Å². The Bertz CT molecular complexity index is 421. The monoisotopic (exact) mass is 249 g/mol. The van der Waals surface area contributed by atoms with E-state index in [1.54, 1.807) is 7.11 Å². The Hall–Kier alpha value is -1.06. The molecule has 0 aromatic heterocycles. The normalized spacial score (nSPS) is 24.7. The SMILES string of the molecule is COc1cc(C)c(C2(O)CCCNCC2)cc1C. The molecule has 1 aromatic rings. The molecule has 1 fully saturated rings. The van der Waals surface area contributed by atoms with E-state index in [0.29, 0.717) is 0 Å². The summed E-state index contributed by atoms with van der Waals surface area (Å²) < 4.78 is 5.33. The van der Waals surface area contributed by atoms with Crippen molar-refractivity contribution >= 4 is 0 Å². The number of aryl methyl sites for hydroxylation is 2. The van der Waals surface area contributed by atoms with Gasteiger partial charge in [-0.15, -0.1) is 0 Å². The van der Waals surface area contributed by atoms with Gasteiger partial charge in [0.2, 0.25) is 0 Å². The summed E-state index contributed by atoms with van der Waals surface area (Å²) in [6.45, 7) is 5.95. The van der Waals surface area contributed by atoms with Crippen molar-refractivity contribution in [3.05, 3.63) is 28.8 Å². The van der Waals surface area contributed by atoms with Crippen LogP contribution in [0.2, 0.25) is 0 Å². The van der Waals surface area contributed by atoms with E-state index in [1.165, 1.54) is 0 Å². The Morgan fingerprint density at radius 1 is 1.17 bits per heavy atom. The predicted octanol–water partition coefficient (Wildman–Crippen LogP) is 2.27. The number of ether oxygens (including phenoxy) is 1. The van der Waals surface area contributed by atoms with Gasteiger partial charge in [-0.05, 0) is 75.0 Å². The lowest BCUT2D eigenvalue weighted by atomic mass is 9.83. The summed E-state index contributed by atoms with van der Waals surface area (Å²) >= 11 is 0. The van der Waals surface area contributed by atoms with Crippen LogP contribution < -0.4 is 10.1 Å². The van der Waals surface area contributed by atoms with Gasteiger partial charge in [-0.2, -0.15) is 0 Å². The molecule has 3 heteroatoms. The van der Waals surface area contributed by atoms with E-state index in [4.69, 9.17) is 4.74 Å². The van der Waals surface area contributed by atoms with Gasteiger partial charge in [0, 0.05) is 0 Å². The van der Waals surface area contributed by atoms with Crippen molar-refractivity contribution in [1.29, 1.82) is 0 Å². The Morgan fingerprint density at radius 2 is 1.94 bits per heavy atom. The second-order valence-corrected chi connectivity index (χ2v) is 5.27. The quantitative estimate of drug-likeness (QED) is 0.845. The van der Waals surface area contributed by atoms with E-state index >= 15 is 0 Å². The predicted molar refractivity (Wildman–Crippen MR) is 73.1 cm³/mol. The molecule has 2 N–H and O–H groups in total. The molecule has 1 unspecified atom stereocenters. The average Bonchev–Trinajstić information content (AvgIpc) is 2.57. The lowest BCUT2D eigenvalue weighted by Crippen LogP contribution is -2.28. The maximum Gasteiger partial charge on any atom is 0.122 e. The fourth-order valence-electron chi connectivity index (χ4n) is 2.83. The zero-order chi connectivity index (χ0) is 13.2. The van der Waals surface area contributed by atoms with Gasteiger partial charge < -0.3 is 15.2 Å². The van der Waals surface area contributed by atoms with Gasteiger partial charge >= 0.3 is 0 Å². The van der Waals surface area contributed by atoms with Crippen molar-refractivity contribution in [2.24, 2.45) is 0 Å². The summed E-state index contributed by atoms with van der Waals surface area (Å²) in [5.74, 6) is 0.895. The highest BCUT2D eigenvalue weighted by Crippen LogP contribution is 2.36. The Kier molecular flexibility index (Phi) is 3.93. The average molecular weight is 249 g/mol. The molecule has 1 heterocycles. The number of nitrogens with one attached hydrogen (secondary N) is 1. The van der Waals surface area contributed by atoms with E-state index < -0.39 is 5.60 Å². The minimum absolute atomic E-state index is 0.690. The van der Waals surface area contributed by atoms with E-state index in [1.807, 2.05) is 19.9 Å². The third-order valence-corrected chi connectivity index (χ3v) is 3.90. The molecule has 2 rings (SSSR count). The van der Waals surface area contributed by atoms with Crippen molar-refractivity contribution in [2.45, 2.75) is 38.7 Å². The highest BCUT2D eigenvalue weighted by molar-refractivity contribution is 5.44. The van der Waals surface area contributed by atoms with E-state index in [-0.39, 0.29) is 0 Å². The first-order valence-electron chi connectivity index (χ1n) is 6.65. The maximum atomic E-state index is 10.9. The Labute approximate surface area is 109 Å². The van der Waals surface area contributed by atoms with Gasteiger partial charge in [-0.25, -0.2) is 0 Å². The third kappa shape index (κ3) is 2.52. The second-order valence-electron chi connectivity index (χ2n) is 5.27. The Morgan fingerprint density at radius 3 is 2.67 bits per heavy atom. The molecule has 0 aliphatic carbocycles. The standard InChI is InChI=1S/C15H23NO2/c1-11-10-14(18-3)12(2)9-13(11)15(17)5-4-7-16-8-6-15/h9-10,16-17H,4-8H2,1-3H3. The third-order valence-electron chi connectivity index (χ3n) is 3.90. The molecule has 1 aliphatic heterocycles. The molecule has 1 aromatic carbocycles.